The minimum Gasteiger partial charge on any atom is -0.490 e. The van der Waals surface area contributed by atoms with Gasteiger partial charge in [-0.05, 0) is 18.6 Å². The molecule has 0 saturated carbocycles. The molecule has 3 rings (SSSR count). The van der Waals surface area contributed by atoms with Crippen molar-refractivity contribution in [2.45, 2.75) is 12.5 Å². The average Bonchev–Trinajstić information content (AvgIpc) is 2.75. The summed E-state index contributed by atoms with van der Waals surface area (Å²) in [5.74, 6) is 0.416. The zero-order valence-corrected chi connectivity index (χ0v) is 9.61. The van der Waals surface area contributed by atoms with E-state index in [9.17, 15) is 9.59 Å². The van der Waals surface area contributed by atoms with Gasteiger partial charge in [0, 0.05) is 12.6 Å². The van der Waals surface area contributed by atoms with Crippen LogP contribution in [0.5, 0.6) is 5.75 Å². The summed E-state index contributed by atoms with van der Waals surface area (Å²) in [5, 5.41) is 2.72. The van der Waals surface area contributed by atoms with Crippen LogP contribution in [0, 0.1) is 6.92 Å². The van der Waals surface area contributed by atoms with E-state index in [0.29, 0.717) is 5.75 Å². The number of likely N-dealkylation sites (N-methyl/N-ethyl adjacent to an activating group) is 1. The van der Waals surface area contributed by atoms with Gasteiger partial charge in [0.2, 0.25) is 0 Å². The molecule has 5 nitrogen and oxygen atoms in total. The van der Waals surface area contributed by atoms with E-state index in [4.69, 9.17) is 4.74 Å². The van der Waals surface area contributed by atoms with Crippen LogP contribution >= 0.6 is 0 Å². The maximum absolute atomic E-state index is 12.2. The molecule has 0 radical (unpaired) electrons. The topological polar surface area (TPSA) is 58.6 Å². The Hall–Kier alpha value is -2.04. The van der Waals surface area contributed by atoms with Crippen molar-refractivity contribution in [1.82, 2.24) is 10.2 Å². The van der Waals surface area contributed by atoms with Crippen LogP contribution in [0.3, 0.4) is 0 Å². The van der Waals surface area contributed by atoms with E-state index in [1.54, 1.807) is 0 Å². The number of carbonyl (C=O) groups is 2. The Balaban J connectivity index is 2.15. The van der Waals surface area contributed by atoms with E-state index in [1.165, 1.54) is 7.05 Å². The number of benzene rings is 1. The van der Waals surface area contributed by atoms with Crippen molar-refractivity contribution in [3.63, 3.8) is 0 Å². The van der Waals surface area contributed by atoms with Gasteiger partial charge in [-0.3, -0.25) is 9.69 Å². The molecule has 1 N–H and O–H groups in total. The smallest absolute Gasteiger partial charge is 0.325 e. The fourth-order valence-electron chi connectivity index (χ4n) is 2.34. The molecular weight excluding hydrogens is 220 g/mol. The third-order valence-corrected chi connectivity index (χ3v) is 3.34. The third kappa shape index (κ3) is 1.13. The Labute approximate surface area is 98.4 Å². The van der Waals surface area contributed by atoms with Gasteiger partial charge in [-0.25, -0.2) is 4.79 Å². The molecule has 3 amide bonds. The number of aryl methyl sites for hydroxylation is 1. The first-order chi connectivity index (χ1) is 8.04. The molecule has 88 valence electrons. The van der Waals surface area contributed by atoms with Crippen molar-refractivity contribution in [1.29, 1.82) is 0 Å². The van der Waals surface area contributed by atoms with E-state index in [-0.39, 0.29) is 18.5 Å². The second kappa shape index (κ2) is 3.00. The number of nitrogens with one attached hydrogen (secondary N) is 1. The zero-order chi connectivity index (χ0) is 12.2. The number of ether oxygens (including phenoxy) is 1. The SMILES string of the molecule is Cc1ccc2c(c1)OC[C@]21NC(=O)N(C)C1=O. The van der Waals surface area contributed by atoms with Crippen molar-refractivity contribution in [2.75, 3.05) is 13.7 Å². The molecule has 1 aromatic carbocycles. The van der Waals surface area contributed by atoms with Gasteiger partial charge >= 0.3 is 6.03 Å². The molecule has 2 heterocycles. The third-order valence-electron chi connectivity index (χ3n) is 3.34. The lowest BCUT2D eigenvalue weighted by atomic mass is 9.91. The van der Waals surface area contributed by atoms with Crippen LogP contribution in [0.1, 0.15) is 11.1 Å². The minimum absolute atomic E-state index is 0.167. The highest BCUT2D eigenvalue weighted by atomic mass is 16.5. The highest BCUT2D eigenvalue weighted by molar-refractivity contribution is 6.08. The molecule has 1 saturated heterocycles. The number of fused-ring (bicyclic) bond motifs is 2. The number of amides is 3. The first-order valence-corrected chi connectivity index (χ1v) is 5.39. The molecule has 2 aliphatic heterocycles. The summed E-state index contributed by atoms with van der Waals surface area (Å²) in [6, 6.07) is 5.25. The number of hydrogen-bond acceptors (Lipinski definition) is 3. The van der Waals surface area contributed by atoms with E-state index in [0.717, 1.165) is 16.0 Å². The van der Waals surface area contributed by atoms with Gasteiger partial charge in [0.15, 0.2) is 5.54 Å². The number of carbonyl (C=O) groups excluding carboxylic acids is 2. The molecule has 0 aromatic heterocycles. The molecule has 0 aliphatic carbocycles. The molecule has 1 spiro atoms. The lowest BCUT2D eigenvalue weighted by Gasteiger charge is -2.18. The van der Waals surface area contributed by atoms with Crippen LogP contribution in [0.4, 0.5) is 4.79 Å². The summed E-state index contributed by atoms with van der Waals surface area (Å²) in [7, 11) is 1.47. The minimum atomic E-state index is -1.02. The largest absolute Gasteiger partial charge is 0.490 e. The molecule has 2 aliphatic rings. The van der Waals surface area contributed by atoms with Gasteiger partial charge in [0.1, 0.15) is 12.4 Å². The fourth-order valence-corrected chi connectivity index (χ4v) is 2.34. The molecule has 0 bridgehead atoms. The van der Waals surface area contributed by atoms with Crippen LogP contribution in [-0.2, 0) is 10.3 Å². The monoisotopic (exact) mass is 232 g/mol. The summed E-state index contributed by atoms with van der Waals surface area (Å²) in [4.78, 5) is 24.8. The lowest BCUT2D eigenvalue weighted by Crippen LogP contribution is -2.45. The number of rotatable bonds is 0. The molecule has 1 fully saturated rings. The quantitative estimate of drug-likeness (QED) is 0.672. The van der Waals surface area contributed by atoms with E-state index < -0.39 is 5.54 Å². The summed E-state index contributed by atoms with van der Waals surface area (Å²) >= 11 is 0. The van der Waals surface area contributed by atoms with Crippen LogP contribution in [0.15, 0.2) is 18.2 Å². The van der Waals surface area contributed by atoms with Crippen molar-refractivity contribution >= 4 is 11.9 Å². The van der Waals surface area contributed by atoms with Crippen LogP contribution in [-0.4, -0.2) is 30.5 Å². The Bertz CT molecular complexity index is 541. The lowest BCUT2D eigenvalue weighted by molar-refractivity contribution is -0.131. The molecule has 5 heteroatoms. The summed E-state index contributed by atoms with van der Waals surface area (Å²) < 4.78 is 5.52. The molecule has 0 unspecified atom stereocenters. The zero-order valence-electron chi connectivity index (χ0n) is 9.61. The predicted molar refractivity (Wildman–Crippen MR) is 59.7 cm³/mol. The van der Waals surface area contributed by atoms with Crippen LogP contribution in [0.25, 0.3) is 0 Å². The Morgan fingerprint density at radius 2 is 2.18 bits per heavy atom. The van der Waals surface area contributed by atoms with E-state index in [1.807, 2.05) is 25.1 Å². The van der Waals surface area contributed by atoms with Crippen LogP contribution < -0.4 is 10.1 Å². The molecule has 1 aromatic rings. The fraction of sp³-hybridized carbons (Fsp3) is 0.333. The molecule has 1 atom stereocenters. The number of imide groups is 1. The van der Waals surface area contributed by atoms with Crippen LogP contribution in [0.2, 0.25) is 0 Å². The standard InChI is InChI=1S/C12H12N2O3/c1-7-3-4-8-9(5-7)17-6-12(8)10(15)14(2)11(16)13-12/h3-5H,6H2,1-2H3,(H,13,16)/t12-/m0/s1. The summed E-state index contributed by atoms with van der Waals surface area (Å²) in [6.07, 6.45) is 0. The van der Waals surface area contributed by atoms with E-state index in [2.05, 4.69) is 5.32 Å². The van der Waals surface area contributed by atoms with Crippen molar-refractivity contribution < 1.29 is 14.3 Å². The second-order valence-electron chi connectivity index (χ2n) is 4.49. The van der Waals surface area contributed by atoms with Gasteiger partial charge in [0.05, 0.1) is 0 Å². The Morgan fingerprint density at radius 3 is 2.82 bits per heavy atom. The van der Waals surface area contributed by atoms with Gasteiger partial charge in [-0.2, -0.15) is 0 Å². The second-order valence-corrected chi connectivity index (χ2v) is 4.49. The number of nitrogens with zero attached hydrogens (tertiary/aromatic N) is 1. The van der Waals surface area contributed by atoms with Crippen molar-refractivity contribution in [3.05, 3.63) is 29.3 Å². The van der Waals surface area contributed by atoms with Crippen molar-refractivity contribution in [3.8, 4) is 5.75 Å². The summed E-state index contributed by atoms with van der Waals surface area (Å²) in [5.41, 5.74) is 0.784. The predicted octanol–water partition coefficient (Wildman–Crippen LogP) is 0.764. The maximum Gasteiger partial charge on any atom is 0.325 e. The molecular formula is C12H12N2O3. The van der Waals surface area contributed by atoms with Crippen molar-refractivity contribution in [2.24, 2.45) is 0 Å². The normalized spacial score (nSPS) is 26.1. The number of hydrogen-bond donors (Lipinski definition) is 1. The number of urea groups is 1. The molecule has 17 heavy (non-hydrogen) atoms. The Morgan fingerprint density at radius 1 is 1.41 bits per heavy atom. The first-order valence-electron chi connectivity index (χ1n) is 5.39. The van der Waals surface area contributed by atoms with Gasteiger partial charge < -0.3 is 10.1 Å². The highest BCUT2D eigenvalue weighted by Gasteiger charge is 2.56. The van der Waals surface area contributed by atoms with E-state index >= 15 is 0 Å². The maximum atomic E-state index is 12.2. The first kappa shape index (κ1) is 10.1. The van der Waals surface area contributed by atoms with Gasteiger partial charge in [-0.15, -0.1) is 0 Å². The van der Waals surface area contributed by atoms with Gasteiger partial charge in [0.25, 0.3) is 5.91 Å². The van der Waals surface area contributed by atoms with Gasteiger partial charge in [-0.1, -0.05) is 12.1 Å². The highest BCUT2D eigenvalue weighted by Crippen LogP contribution is 2.40. The Kier molecular flexibility index (Phi) is 1.79. The average molecular weight is 232 g/mol. The summed E-state index contributed by atoms with van der Waals surface area (Å²) in [6.45, 7) is 2.12.